The van der Waals surface area contributed by atoms with Gasteiger partial charge in [-0.2, -0.15) is 4.98 Å². The molecule has 26 heavy (non-hydrogen) atoms. The van der Waals surface area contributed by atoms with Gasteiger partial charge < -0.3 is 20.2 Å². The molecule has 2 aromatic rings. The third kappa shape index (κ3) is 4.51. The Morgan fingerprint density at radius 2 is 2.04 bits per heavy atom. The fourth-order valence-electron chi connectivity index (χ4n) is 3.21. The van der Waals surface area contributed by atoms with Gasteiger partial charge in [-0.05, 0) is 51.1 Å². The van der Waals surface area contributed by atoms with Crippen molar-refractivity contribution in [3.05, 3.63) is 46.6 Å². The zero-order chi connectivity index (χ0) is 18.7. The van der Waals surface area contributed by atoms with Crippen LogP contribution >= 0.6 is 0 Å². The van der Waals surface area contributed by atoms with E-state index >= 15 is 0 Å². The van der Waals surface area contributed by atoms with Gasteiger partial charge in [0.05, 0.1) is 6.10 Å². The second-order valence-corrected chi connectivity index (χ2v) is 7.30. The number of anilines is 2. The maximum absolute atomic E-state index is 9.78. The first kappa shape index (κ1) is 18.6. The Balaban J connectivity index is 1.74. The number of hydrogen-bond acceptors (Lipinski definition) is 6. The van der Waals surface area contributed by atoms with Crippen molar-refractivity contribution >= 4 is 11.8 Å². The third-order valence-corrected chi connectivity index (χ3v) is 4.73. The van der Waals surface area contributed by atoms with Gasteiger partial charge in [0, 0.05) is 37.9 Å². The second kappa shape index (κ2) is 8.01. The Hall–Kier alpha value is -2.18. The van der Waals surface area contributed by atoms with Crippen molar-refractivity contribution < 1.29 is 5.11 Å². The lowest BCUT2D eigenvalue weighted by molar-refractivity contribution is 0.199. The smallest absolute Gasteiger partial charge is 0.224 e. The van der Waals surface area contributed by atoms with Gasteiger partial charge in [0.2, 0.25) is 5.95 Å². The molecule has 6 nitrogen and oxygen atoms in total. The highest BCUT2D eigenvalue weighted by molar-refractivity contribution is 5.48. The summed E-state index contributed by atoms with van der Waals surface area (Å²) in [4.78, 5) is 13.7. The Bertz CT molecular complexity index is 760. The van der Waals surface area contributed by atoms with Crippen molar-refractivity contribution in [2.75, 3.05) is 43.9 Å². The van der Waals surface area contributed by atoms with Crippen molar-refractivity contribution in [2.24, 2.45) is 0 Å². The summed E-state index contributed by atoms with van der Waals surface area (Å²) < 4.78 is 0. The summed E-state index contributed by atoms with van der Waals surface area (Å²) in [6.07, 6.45) is 0.543. The van der Waals surface area contributed by atoms with Crippen LogP contribution in [-0.4, -0.2) is 53.7 Å². The Morgan fingerprint density at radius 1 is 1.23 bits per heavy atom. The second-order valence-electron chi connectivity index (χ2n) is 7.30. The fraction of sp³-hybridized carbons (Fsp3) is 0.500. The number of aliphatic hydroxyl groups is 1. The monoisotopic (exact) mass is 355 g/mol. The summed E-state index contributed by atoms with van der Waals surface area (Å²) in [7, 11) is 4.11. The number of aromatic nitrogens is 2. The first-order chi connectivity index (χ1) is 12.4. The average molecular weight is 355 g/mol. The largest absolute Gasteiger partial charge is 0.389 e. The lowest BCUT2D eigenvalue weighted by Gasteiger charge is -2.30. The molecule has 0 saturated carbocycles. The van der Waals surface area contributed by atoms with Gasteiger partial charge in [-0.1, -0.05) is 18.2 Å². The minimum Gasteiger partial charge on any atom is -0.389 e. The van der Waals surface area contributed by atoms with Gasteiger partial charge in [-0.25, -0.2) is 4.98 Å². The first-order valence-electron chi connectivity index (χ1n) is 9.21. The molecule has 0 radical (unpaired) electrons. The van der Waals surface area contributed by atoms with Gasteiger partial charge in [0.1, 0.15) is 5.82 Å². The van der Waals surface area contributed by atoms with Gasteiger partial charge >= 0.3 is 0 Å². The minimum absolute atomic E-state index is 0.418. The van der Waals surface area contributed by atoms with Crippen LogP contribution in [0.15, 0.2) is 24.3 Å². The number of fused-ring (bicyclic) bond motifs is 1. The van der Waals surface area contributed by atoms with Crippen LogP contribution in [0.1, 0.15) is 35.4 Å². The molecule has 0 aliphatic carbocycles. The van der Waals surface area contributed by atoms with Crippen molar-refractivity contribution in [3.8, 4) is 0 Å². The topological polar surface area (TPSA) is 64.5 Å². The Labute approximate surface area is 155 Å². The van der Waals surface area contributed by atoms with Crippen LogP contribution < -0.4 is 10.2 Å². The Kier molecular flexibility index (Phi) is 5.74. The van der Waals surface area contributed by atoms with Crippen LogP contribution in [0.4, 0.5) is 11.8 Å². The van der Waals surface area contributed by atoms with Crippen LogP contribution in [0.3, 0.4) is 0 Å². The van der Waals surface area contributed by atoms with E-state index in [1.165, 1.54) is 11.1 Å². The SMILES string of the molecule is Cc1cc(N2CCc3cc([C@H](C)O)ccc3C2)nc(NCCN(C)C)n1. The van der Waals surface area contributed by atoms with Crippen molar-refractivity contribution in [1.29, 1.82) is 0 Å². The van der Waals surface area contributed by atoms with Crippen molar-refractivity contribution in [1.82, 2.24) is 14.9 Å². The molecule has 1 aromatic carbocycles. The number of benzene rings is 1. The normalized spacial score (nSPS) is 15.1. The van der Waals surface area contributed by atoms with E-state index in [1.807, 2.05) is 26.0 Å². The number of nitrogens with zero attached hydrogens (tertiary/aromatic N) is 4. The molecule has 1 aliphatic rings. The number of likely N-dealkylation sites (N-methyl/N-ethyl adjacent to an activating group) is 1. The summed E-state index contributed by atoms with van der Waals surface area (Å²) >= 11 is 0. The van der Waals surface area contributed by atoms with Crippen LogP contribution in [0.25, 0.3) is 0 Å². The molecule has 1 aromatic heterocycles. The highest BCUT2D eigenvalue weighted by atomic mass is 16.3. The van der Waals surface area contributed by atoms with Crippen molar-refractivity contribution in [2.45, 2.75) is 32.9 Å². The molecule has 0 saturated heterocycles. The zero-order valence-electron chi connectivity index (χ0n) is 16.2. The maximum Gasteiger partial charge on any atom is 0.224 e. The maximum atomic E-state index is 9.78. The lowest BCUT2D eigenvalue weighted by Crippen LogP contribution is -2.31. The molecule has 0 fully saturated rings. The lowest BCUT2D eigenvalue weighted by atomic mass is 9.96. The first-order valence-corrected chi connectivity index (χ1v) is 9.21. The number of aryl methyl sites for hydroxylation is 1. The molecule has 3 rings (SSSR count). The quantitative estimate of drug-likeness (QED) is 0.829. The minimum atomic E-state index is -0.418. The molecule has 0 bridgehead atoms. The molecule has 0 unspecified atom stereocenters. The molecule has 1 aliphatic heterocycles. The van der Waals surface area contributed by atoms with Crippen LogP contribution in [0.5, 0.6) is 0 Å². The average Bonchev–Trinajstić information content (AvgIpc) is 2.60. The number of hydrogen-bond donors (Lipinski definition) is 2. The van der Waals surface area contributed by atoms with E-state index in [9.17, 15) is 5.11 Å². The highest BCUT2D eigenvalue weighted by Crippen LogP contribution is 2.26. The van der Waals surface area contributed by atoms with Gasteiger partial charge in [-0.15, -0.1) is 0 Å². The van der Waals surface area contributed by atoms with E-state index in [0.717, 1.165) is 49.7 Å². The fourth-order valence-corrected chi connectivity index (χ4v) is 3.21. The highest BCUT2D eigenvalue weighted by Gasteiger charge is 2.19. The third-order valence-electron chi connectivity index (χ3n) is 4.73. The molecule has 6 heteroatoms. The Morgan fingerprint density at radius 3 is 2.77 bits per heavy atom. The molecule has 2 N–H and O–H groups in total. The summed E-state index contributed by atoms with van der Waals surface area (Å²) in [5.74, 6) is 1.66. The zero-order valence-corrected chi connectivity index (χ0v) is 16.2. The summed E-state index contributed by atoms with van der Waals surface area (Å²) in [5, 5.41) is 13.1. The predicted molar refractivity (Wildman–Crippen MR) is 106 cm³/mol. The van der Waals surface area contributed by atoms with E-state index in [1.54, 1.807) is 0 Å². The standard InChI is InChI=1S/C20H29N5O/c1-14-11-19(23-20(22-14)21-8-10-24(3)4)25-9-7-17-12-16(15(2)26)5-6-18(17)13-25/h5-6,11-12,15,26H,7-10,13H2,1-4H3,(H,21,22,23)/t15-/m0/s1. The van der Waals surface area contributed by atoms with E-state index in [4.69, 9.17) is 4.98 Å². The molecule has 0 spiro atoms. The van der Waals surface area contributed by atoms with E-state index in [2.05, 4.69) is 46.3 Å². The van der Waals surface area contributed by atoms with Gasteiger partial charge in [-0.3, -0.25) is 0 Å². The summed E-state index contributed by atoms with van der Waals surface area (Å²) in [6, 6.07) is 8.34. The molecule has 140 valence electrons. The van der Waals surface area contributed by atoms with Crippen LogP contribution in [0.2, 0.25) is 0 Å². The number of nitrogens with one attached hydrogen (secondary N) is 1. The van der Waals surface area contributed by atoms with E-state index in [-0.39, 0.29) is 0 Å². The van der Waals surface area contributed by atoms with Gasteiger partial charge in [0.25, 0.3) is 0 Å². The summed E-state index contributed by atoms with van der Waals surface area (Å²) in [6.45, 7) is 7.34. The summed E-state index contributed by atoms with van der Waals surface area (Å²) in [5.41, 5.74) is 4.59. The van der Waals surface area contributed by atoms with Crippen LogP contribution in [0, 0.1) is 6.92 Å². The molecular formula is C20H29N5O. The molecule has 2 heterocycles. The van der Waals surface area contributed by atoms with Crippen LogP contribution in [-0.2, 0) is 13.0 Å². The molecule has 1 atom stereocenters. The number of rotatable bonds is 6. The molecule has 0 amide bonds. The van der Waals surface area contributed by atoms with E-state index < -0.39 is 6.10 Å². The molecular weight excluding hydrogens is 326 g/mol. The predicted octanol–water partition coefficient (Wildman–Crippen LogP) is 2.37. The van der Waals surface area contributed by atoms with Gasteiger partial charge in [0.15, 0.2) is 0 Å². The van der Waals surface area contributed by atoms with Crippen molar-refractivity contribution in [3.63, 3.8) is 0 Å². The number of aliphatic hydroxyl groups excluding tert-OH is 1. The van der Waals surface area contributed by atoms with E-state index in [0.29, 0.717) is 5.95 Å².